The molecule has 2 heterocycles. The van der Waals surface area contributed by atoms with Gasteiger partial charge in [0, 0.05) is 5.56 Å². The van der Waals surface area contributed by atoms with Gasteiger partial charge < -0.3 is 15.2 Å². The first-order valence-corrected chi connectivity index (χ1v) is 7.62. The fourth-order valence-corrected chi connectivity index (χ4v) is 4.47. The average Bonchev–Trinajstić information content (AvgIpc) is 2.76. The average molecular weight is 409 g/mol. The number of thiophene rings is 1. The molecule has 0 bridgehead atoms. The van der Waals surface area contributed by atoms with Gasteiger partial charge in [0.25, 0.3) is 0 Å². The Morgan fingerprint density at radius 3 is 2.58 bits per heavy atom. The van der Waals surface area contributed by atoms with E-state index in [4.69, 9.17) is 15.2 Å². The van der Waals surface area contributed by atoms with Crippen LogP contribution in [0.2, 0.25) is 0 Å². The van der Waals surface area contributed by atoms with E-state index >= 15 is 0 Å². The summed E-state index contributed by atoms with van der Waals surface area (Å²) in [5, 5.41) is 0. The zero-order chi connectivity index (χ0) is 14.0. The van der Waals surface area contributed by atoms with E-state index in [2.05, 4.69) is 41.8 Å². The highest BCUT2D eigenvalue weighted by Crippen LogP contribution is 2.38. The van der Waals surface area contributed by atoms with Crippen LogP contribution in [-0.4, -0.2) is 24.2 Å². The van der Waals surface area contributed by atoms with Crippen LogP contribution in [0.15, 0.2) is 19.8 Å². The monoisotopic (exact) mass is 407 g/mol. The highest BCUT2D eigenvalue weighted by Gasteiger charge is 2.21. The third-order valence-electron chi connectivity index (χ3n) is 2.46. The highest BCUT2D eigenvalue weighted by molar-refractivity contribution is 9.12. The van der Waals surface area contributed by atoms with Crippen LogP contribution in [0.25, 0.3) is 0 Å². The van der Waals surface area contributed by atoms with Gasteiger partial charge in [0.15, 0.2) is 0 Å². The number of nitrogens with zero attached hydrogens (tertiary/aromatic N) is 2. The van der Waals surface area contributed by atoms with Crippen molar-refractivity contribution in [2.75, 3.05) is 14.2 Å². The Kier molecular flexibility index (Phi) is 4.77. The van der Waals surface area contributed by atoms with Gasteiger partial charge in [-0.25, -0.2) is 4.98 Å². The second kappa shape index (κ2) is 6.17. The number of halogens is 2. The fraction of sp³-hybridized carbons (Fsp3) is 0.273. The van der Waals surface area contributed by atoms with E-state index in [1.54, 1.807) is 11.3 Å². The minimum atomic E-state index is -0.426. The van der Waals surface area contributed by atoms with Crippen molar-refractivity contribution in [1.29, 1.82) is 0 Å². The summed E-state index contributed by atoms with van der Waals surface area (Å²) in [4.78, 5) is 8.46. The minimum absolute atomic E-state index is 0.362. The second-order valence-electron chi connectivity index (χ2n) is 3.56. The Hall–Kier alpha value is -0.700. The molecule has 102 valence electrons. The third kappa shape index (κ3) is 3.07. The molecule has 0 radical (unpaired) electrons. The lowest BCUT2D eigenvalue weighted by Crippen LogP contribution is -2.15. The molecule has 0 aromatic carbocycles. The summed E-state index contributed by atoms with van der Waals surface area (Å²) in [6.45, 7) is 0. The standard InChI is InChI=1S/C11H11Br2N3O2S/c1-17-7-4-15-9(11(16-7)18-2)8(14)5-3-6(12)19-10(5)13/h3-4,8H,14H2,1-2H3. The van der Waals surface area contributed by atoms with E-state index < -0.39 is 6.04 Å². The zero-order valence-electron chi connectivity index (χ0n) is 10.2. The molecule has 2 aromatic rings. The van der Waals surface area contributed by atoms with Crippen LogP contribution in [0.5, 0.6) is 11.8 Å². The Bertz CT molecular complexity index is 591. The summed E-state index contributed by atoms with van der Waals surface area (Å²) in [5.74, 6) is 0.749. The van der Waals surface area contributed by atoms with Crippen molar-refractivity contribution in [3.8, 4) is 11.8 Å². The molecule has 0 aliphatic carbocycles. The van der Waals surface area contributed by atoms with E-state index in [1.807, 2.05) is 6.07 Å². The predicted molar refractivity (Wildman–Crippen MR) is 80.9 cm³/mol. The molecule has 0 aliphatic rings. The number of ether oxygens (including phenoxy) is 2. The molecule has 8 heteroatoms. The van der Waals surface area contributed by atoms with Crippen molar-refractivity contribution in [1.82, 2.24) is 9.97 Å². The van der Waals surface area contributed by atoms with E-state index in [0.29, 0.717) is 17.5 Å². The molecule has 0 saturated heterocycles. The van der Waals surface area contributed by atoms with Crippen molar-refractivity contribution in [2.45, 2.75) is 6.04 Å². The van der Waals surface area contributed by atoms with Crippen LogP contribution in [0, 0.1) is 0 Å². The summed E-state index contributed by atoms with van der Waals surface area (Å²) < 4.78 is 12.2. The SMILES string of the molecule is COc1cnc(C(N)c2cc(Br)sc2Br)c(OC)n1. The van der Waals surface area contributed by atoms with E-state index in [0.717, 1.165) is 13.1 Å². The molecule has 2 rings (SSSR count). The molecule has 0 saturated carbocycles. The minimum Gasteiger partial charge on any atom is -0.480 e. The Labute approximate surface area is 131 Å². The van der Waals surface area contributed by atoms with Crippen LogP contribution in [0.4, 0.5) is 0 Å². The summed E-state index contributed by atoms with van der Waals surface area (Å²) in [6, 6.07) is 1.52. The van der Waals surface area contributed by atoms with Gasteiger partial charge in [-0.05, 0) is 37.9 Å². The maximum Gasteiger partial charge on any atom is 0.240 e. The molecule has 1 atom stereocenters. The summed E-state index contributed by atoms with van der Waals surface area (Å²) in [7, 11) is 3.05. The van der Waals surface area contributed by atoms with E-state index in [-0.39, 0.29) is 0 Å². The van der Waals surface area contributed by atoms with E-state index in [1.165, 1.54) is 20.4 Å². The van der Waals surface area contributed by atoms with E-state index in [9.17, 15) is 0 Å². The number of hydrogen-bond donors (Lipinski definition) is 1. The molecular formula is C11H11Br2N3O2S. The van der Waals surface area contributed by atoms with Crippen molar-refractivity contribution in [2.24, 2.45) is 5.73 Å². The fourth-order valence-electron chi connectivity index (χ4n) is 1.54. The van der Waals surface area contributed by atoms with Gasteiger partial charge in [0.2, 0.25) is 11.8 Å². The Morgan fingerprint density at radius 1 is 1.32 bits per heavy atom. The topological polar surface area (TPSA) is 70.3 Å². The largest absolute Gasteiger partial charge is 0.480 e. The first-order valence-electron chi connectivity index (χ1n) is 5.22. The van der Waals surface area contributed by atoms with Crippen molar-refractivity contribution >= 4 is 43.2 Å². The molecule has 0 spiro atoms. The molecule has 0 fully saturated rings. The molecular weight excluding hydrogens is 398 g/mol. The third-order valence-corrected chi connectivity index (χ3v) is 4.85. The number of aromatic nitrogens is 2. The maximum atomic E-state index is 6.23. The van der Waals surface area contributed by atoms with Crippen molar-refractivity contribution < 1.29 is 9.47 Å². The van der Waals surface area contributed by atoms with Gasteiger partial charge in [-0.3, -0.25) is 0 Å². The normalized spacial score (nSPS) is 12.3. The molecule has 5 nitrogen and oxygen atoms in total. The first-order chi connectivity index (χ1) is 9.06. The molecule has 2 aromatic heterocycles. The number of rotatable bonds is 4. The van der Waals surface area contributed by atoms with Crippen molar-refractivity contribution in [3.05, 3.63) is 31.1 Å². The summed E-state index contributed by atoms with van der Waals surface area (Å²) in [6.07, 6.45) is 1.52. The Morgan fingerprint density at radius 2 is 2.05 bits per heavy atom. The number of nitrogens with two attached hydrogens (primary N) is 1. The van der Waals surface area contributed by atoms with Crippen LogP contribution in [0.3, 0.4) is 0 Å². The maximum absolute atomic E-state index is 6.23. The predicted octanol–water partition coefficient (Wildman–Crippen LogP) is 3.13. The quantitative estimate of drug-likeness (QED) is 0.841. The second-order valence-corrected chi connectivity index (χ2v) is 7.31. The number of hydrogen-bond acceptors (Lipinski definition) is 6. The molecule has 2 N–H and O–H groups in total. The van der Waals surface area contributed by atoms with Crippen LogP contribution < -0.4 is 15.2 Å². The zero-order valence-corrected chi connectivity index (χ0v) is 14.2. The van der Waals surface area contributed by atoms with Gasteiger partial charge in [0.1, 0.15) is 5.69 Å². The highest BCUT2D eigenvalue weighted by atomic mass is 79.9. The van der Waals surface area contributed by atoms with Gasteiger partial charge in [0.05, 0.1) is 34.0 Å². The van der Waals surface area contributed by atoms with Crippen molar-refractivity contribution in [3.63, 3.8) is 0 Å². The van der Waals surface area contributed by atoms with Gasteiger partial charge >= 0.3 is 0 Å². The lowest BCUT2D eigenvalue weighted by atomic mass is 10.1. The van der Waals surface area contributed by atoms with Crippen LogP contribution >= 0.6 is 43.2 Å². The smallest absolute Gasteiger partial charge is 0.240 e. The first kappa shape index (κ1) is 14.7. The molecule has 19 heavy (non-hydrogen) atoms. The number of methoxy groups -OCH3 is 2. The van der Waals surface area contributed by atoms with Crippen LogP contribution in [-0.2, 0) is 0 Å². The van der Waals surface area contributed by atoms with Gasteiger partial charge in [-0.1, -0.05) is 0 Å². The summed E-state index contributed by atoms with van der Waals surface area (Å²) in [5.41, 5.74) is 7.72. The van der Waals surface area contributed by atoms with Gasteiger partial charge in [-0.2, -0.15) is 4.98 Å². The molecule has 0 amide bonds. The Balaban J connectivity index is 2.43. The van der Waals surface area contributed by atoms with Crippen LogP contribution in [0.1, 0.15) is 17.3 Å². The summed E-state index contributed by atoms with van der Waals surface area (Å²) >= 11 is 8.47. The molecule has 0 aliphatic heterocycles. The molecule has 1 unspecified atom stereocenters. The van der Waals surface area contributed by atoms with Gasteiger partial charge in [-0.15, -0.1) is 11.3 Å². The lowest BCUT2D eigenvalue weighted by molar-refractivity contribution is 0.355. The lowest BCUT2D eigenvalue weighted by Gasteiger charge is -2.14.